The number of nitrogens with zero attached hydrogens (tertiary/aromatic N) is 3. The van der Waals surface area contributed by atoms with Crippen molar-refractivity contribution in [2.75, 3.05) is 19.6 Å². The van der Waals surface area contributed by atoms with Crippen molar-refractivity contribution in [2.45, 2.75) is 25.0 Å². The lowest BCUT2D eigenvalue weighted by Crippen LogP contribution is -2.68. The number of carboxylic acid groups (broad SMARTS) is 1. The van der Waals surface area contributed by atoms with Crippen LogP contribution in [0, 0.1) is 17.5 Å². The van der Waals surface area contributed by atoms with Gasteiger partial charge in [-0.1, -0.05) is 18.2 Å². The van der Waals surface area contributed by atoms with Gasteiger partial charge in [0.05, 0.1) is 6.54 Å². The van der Waals surface area contributed by atoms with E-state index in [2.05, 4.69) is 0 Å². The number of carbonyl (C=O) groups excluding carboxylic acids is 2. The van der Waals surface area contributed by atoms with Crippen molar-refractivity contribution in [3.63, 3.8) is 0 Å². The minimum Gasteiger partial charge on any atom is -0.465 e. The van der Waals surface area contributed by atoms with Gasteiger partial charge in [0.25, 0.3) is 0 Å². The number of fused-ring (bicyclic) bond motifs is 1. The predicted molar refractivity (Wildman–Crippen MR) is 106 cm³/mol. The van der Waals surface area contributed by atoms with E-state index in [1.165, 1.54) is 23.1 Å². The van der Waals surface area contributed by atoms with Gasteiger partial charge in [-0.2, -0.15) is 0 Å². The molecule has 4 rings (SSSR count). The van der Waals surface area contributed by atoms with Crippen molar-refractivity contribution in [3.05, 3.63) is 71.0 Å². The molecule has 168 valence electrons. The van der Waals surface area contributed by atoms with Gasteiger partial charge in [0, 0.05) is 31.1 Å². The number of rotatable bonds is 4. The molecule has 2 atom stereocenters. The molecule has 2 aliphatic rings. The van der Waals surface area contributed by atoms with Gasteiger partial charge < -0.3 is 14.9 Å². The number of piperazine rings is 1. The van der Waals surface area contributed by atoms with E-state index in [9.17, 15) is 32.7 Å². The lowest BCUT2D eigenvalue weighted by Gasteiger charge is -2.51. The average Bonchev–Trinajstić information content (AvgIpc) is 2.73. The standard InChI is InChI=1S/C22H20F3N3O4/c23-14-3-1-2-13(10-14)6-8-26-12-18-27(22(31)32)9-7-19(29)28(18)20(21(26)30)16-5-4-15(24)11-17(16)25/h1-5,10-11,18,20H,6-9,12H2,(H,31,32)/t18-,20+/m1/s1. The normalized spacial score (nSPS) is 21.0. The number of benzene rings is 2. The van der Waals surface area contributed by atoms with Gasteiger partial charge in [-0.15, -0.1) is 0 Å². The Morgan fingerprint density at radius 1 is 1.06 bits per heavy atom. The second-order valence-electron chi connectivity index (χ2n) is 7.74. The molecule has 2 saturated heterocycles. The van der Waals surface area contributed by atoms with Gasteiger partial charge in [-0.05, 0) is 30.2 Å². The van der Waals surface area contributed by atoms with E-state index in [-0.39, 0.29) is 38.0 Å². The van der Waals surface area contributed by atoms with E-state index in [1.54, 1.807) is 6.07 Å². The summed E-state index contributed by atoms with van der Waals surface area (Å²) in [5.41, 5.74) is 0.414. The third-order valence-corrected chi connectivity index (χ3v) is 5.81. The fraction of sp³-hybridized carbons (Fsp3) is 0.318. The molecule has 0 radical (unpaired) electrons. The summed E-state index contributed by atoms with van der Waals surface area (Å²) in [7, 11) is 0. The molecule has 32 heavy (non-hydrogen) atoms. The SMILES string of the molecule is O=C1[C@H](c2ccc(F)cc2F)N2C(=O)CCN(C(=O)O)[C@H]2CN1CCc1cccc(F)c1. The highest BCUT2D eigenvalue weighted by molar-refractivity contribution is 5.91. The third-order valence-electron chi connectivity index (χ3n) is 5.81. The summed E-state index contributed by atoms with van der Waals surface area (Å²) in [4.78, 5) is 41.3. The monoisotopic (exact) mass is 447 g/mol. The fourth-order valence-electron chi connectivity index (χ4n) is 4.28. The van der Waals surface area contributed by atoms with Crippen LogP contribution in [0.5, 0.6) is 0 Å². The summed E-state index contributed by atoms with van der Waals surface area (Å²) >= 11 is 0. The zero-order chi connectivity index (χ0) is 23.0. The summed E-state index contributed by atoms with van der Waals surface area (Å²) in [6, 6.07) is 7.10. The first-order chi connectivity index (χ1) is 15.3. The Morgan fingerprint density at radius 2 is 1.81 bits per heavy atom. The molecule has 0 spiro atoms. The first-order valence-corrected chi connectivity index (χ1v) is 10.0. The summed E-state index contributed by atoms with van der Waals surface area (Å²) in [6.07, 6.45) is -2.17. The Hall–Kier alpha value is -3.56. The Balaban J connectivity index is 1.70. The molecule has 1 N–H and O–H groups in total. The molecule has 10 heteroatoms. The molecule has 0 aliphatic carbocycles. The second-order valence-corrected chi connectivity index (χ2v) is 7.74. The quantitative estimate of drug-likeness (QED) is 0.782. The van der Waals surface area contributed by atoms with Crippen LogP contribution < -0.4 is 0 Å². The van der Waals surface area contributed by atoms with E-state index in [1.807, 2.05) is 0 Å². The first kappa shape index (κ1) is 21.7. The van der Waals surface area contributed by atoms with E-state index >= 15 is 0 Å². The number of halogens is 3. The Labute approximate surface area is 181 Å². The molecule has 2 heterocycles. The topological polar surface area (TPSA) is 81.2 Å². The molecule has 2 aliphatic heterocycles. The highest BCUT2D eigenvalue weighted by Crippen LogP contribution is 2.35. The second kappa shape index (κ2) is 8.52. The van der Waals surface area contributed by atoms with Gasteiger partial charge >= 0.3 is 6.09 Å². The van der Waals surface area contributed by atoms with Crippen molar-refractivity contribution >= 4 is 17.9 Å². The Bertz CT molecular complexity index is 1080. The number of hydrogen-bond acceptors (Lipinski definition) is 3. The lowest BCUT2D eigenvalue weighted by molar-refractivity contribution is -0.168. The van der Waals surface area contributed by atoms with Crippen LogP contribution in [0.4, 0.5) is 18.0 Å². The summed E-state index contributed by atoms with van der Waals surface area (Å²) < 4.78 is 41.6. The van der Waals surface area contributed by atoms with Gasteiger partial charge in [0.2, 0.25) is 11.8 Å². The molecule has 0 bridgehead atoms. The Morgan fingerprint density at radius 3 is 2.50 bits per heavy atom. The first-order valence-electron chi connectivity index (χ1n) is 10.0. The minimum absolute atomic E-state index is 0.0557. The highest BCUT2D eigenvalue weighted by atomic mass is 19.1. The van der Waals surface area contributed by atoms with Crippen LogP contribution in [0.15, 0.2) is 42.5 Å². The van der Waals surface area contributed by atoms with Gasteiger partial charge in [-0.25, -0.2) is 18.0 Å². The van der Waals surface area contributed by atoms with Crippen molar-refractivity contribution in [1.82, 2.24) is 14.7 Å². The maximum atomic E-state index is 14.7. The molecule has 7 nitrogen and oxygen atoms in total. The number of hydrogen-bond donors (Lipinski definition) is 1. The molecule has 2 aromatic rings. The van der Waals surface area contributed by atoms with Crippen LogP contribution in [0.2, 0.25) is 0 Å². The van der Waals surface area contributed by atoms with Gasteiger partial charge in [0.1, 0.15) is 29.7 Å². The molecule has 0 aromatic heterocycles. The average molecular weight is 447 g/mol. The zero-order valence-corrected chi connectivity index (χ0v) is 16.9. The smallest absolute Gasteiger partial charge is 0.409 e. The van der Waals surface area contributed by atoms with Crippen LogP contribution in [-0.4, -0.2) is 63.5 Å². The predicted octanol–water partition coefficient (Wildman–Crippen LogP) is 2.77. The Kier molecular flexibility index (Phi) is 5.77. The van der Waals surface area contributed by atoms with Crippen LogP contribution >= 0.6 is 0 Å². The van der Waals surface area contributed by atoms with Crippen LogP contribution in [0.1, 0.15) is 23.6 Å². The van der Waals surface area contributed by atoms with Crippen LogP contribution in [0.3, 0.4) is 0 Å². The lowest BCUT2D eigenvalue weighted by atomic mass is 9.96. The molecule has 0 unspecified atom stereocenters. The molecular weight excluding hydrogens is 427 g/mol. The van der Waals surface area contributed by atoms with Crippen molar-refractivity contribution in [1.29, 1.82) is 0 Å². The molecule has 0 saturated carbocycles. The largest absolute Gasteiger partial charge is 0.465 e. The van der Waals surface area contributed by atoms with Crippen LogP contribution in [-0.2, 0) is 16.0 Å². The fourth-order valence-corrected chi connectivity index (χ4v) is 4.28. The molecule has 3 amide bonds. The van der Waals surface area contributed by atoms with E-state index < -0.39 is 47.6 Å². The van der Waals surface area contributed by atoms with E-state index in [0.29, 0.717) is 11.6 Å². The van der Waals surface area contributed by atoms with Crippen LogP contribution in [0.25, 0.3) is 0 Å². The number of carbonyl (C=O) groups is 3. The van der Waals surface area contributed by atoms with Crippen molar-refractivity contribution < 1.29 is 32.7 Å². The molecular formula is C22H20F3N3O4. The molecule has 2 aromatic carbocycles. The van der Waals surface area contributed by atoms with E-state index in [0.717, 1.165) is 21.9 Å². The van der Waals surface area contributed by atoms with Gasteiger partial charge in [0.15, 0.2) is 0 Å². The number of amides is 3. The van der Waals surface area contributed by atoms with E-state index in [4.69, 9.17) is 0 Å². The zero-order valence-electron chi connectivity index (χ0n) is 16.9. The molecule has 2 fully saturated rings. The van der Waals surface area contributed by atoms with Crippen molar-refractivity contribution in [2.24, 2.45) is 0 Å². The summed E-state index contributed by atoms with van der Waals surface area (Å²) in [5, 5.41) is 9.62. The highest BCUT2D eigenvalue weighted by Gasteiger charge is 2.50. The van der Waals surface area contributed by atoms with Crippen molar-refractivity contribution in [3.8, 4) is 0 Å². The summed E-state index contributed by atoms with van der Waals surface area (Å²) in [6.45, 7) is -0.0566. The third kappa shape index (κ3) is 4.00. The summed E-state index contributed by atoms with van der Waals surface area (Å²) in [5.74, 6) is -3.37. The minimum atomic E-state index is -1.43. The van der Waals surface area contributed by atoms with Gasteiger partial charge in [-0.3, -0.25) is 14.5 Å². The maximum absolute atomic E-state index is 14.7. The maximum Gasteiger partial charge on any atom is 0.409 e.